The number of methoxy groups -OCH3 is 2. The first-order valence-corrected chi connectivity index (χ1v) is 7.21. The number of para-hydroxylation sites is 1. The van der Waals surface area contributed by atoms with E-state index in [1.165, 1.54) is 0 Å². The summed E-state index contributed by atoms with van der Waals surface area (Å²) in [4.78, 5) is 41.0. The number of pyridine rings is 1. The molecule has 0 N–H and O–H groups in total. The predicted molar refractivity (Wildman–Crippen MR) is 85.0 cm³/mol. The van der Waals surface area contributed by atoms with Crippen LogP contribution in [0.25, 0.3) is 10.9 Å². The van der Waals surface area contributed by atoms with Crippen molar-refractivity contribution in [2.45, 2.75) is 20.0 Å². The zero-order valence-electron chi connectivity index (χ0n) is 13.8. The number of nitrogens with zero attached hydrogens (tertiary/aromatic N) is 1. The topological polar surface area (TPSA) is 91.8 Å². The summed E-state index contributed by atoms with van der Waals surface area (Å²) in [5.74, 6) is -2.46. The third kappa shape index (κ3) is 3.19. The average molecular weight is 331 g/mol. The molecule has 24 heavy (non-hydrogen) atoms. The lowest BCUT2D eigenvalue weighted by molar-refractivity contribution is 0.0370. The smallest absolute Gasteiger partial charge is 0.357 e. The van der Waals surface area contributed by atoms with Crippen LogP contribution in [0.1, 0.15) is 45.1 Å². The summed E-state index contributed by atoms with van der Waals surface area (Å²) in [5, 5.41) is 0.385. The van der Waals surface area contributed by atoms with Gasteiger partial charge < -0.3 is 14.2 Å². The Kier molecular flexibility index (Phi) is 5.13. The van der Waals surface area contributed by atoms with Gasteiger partial charge in [-0.3, -0.25) is 0 Å². The minimum absolute atomic E-state index is 0.0680. The fraction of sp³-hybridized carbons (Fsp3) is 0.294. The van der Waals surface area contributed by atoms with E-state index in [1.807, 2.05) is 0 Å². The molecule has 0 aliphatic carbocycles. The maximum absolute atomic E-state index is 12.6. The molecule has 1 heterocycles. The molecule has 0 amide bonds. The van der Waals surface area contributed by atoms with E-state index in [0.717, 1.165) is 14.2 Å². The first kappa shape index (κ1) is 17.4. The quantitative estimate of drug-likeness (QED) is 0.627. The Morgan fingerprint density at radius 2 is 1.54 bits per heavy atom. The number of rotatable bonds is 4. The lowest BCUT2D eigenvalue weighted by Crippen LogP contribution is -2.22. The molecule has 1 aromatic heterocycles. The van der Waals surface area contributed by atoms with Crippen molar-refractivity contribution >= 4 is 28.8 Å². The van der Waals surface area contributed by atoms with Crippen LogP contribution >= 0.6 is 0 Å². The van der Waals surface area contributed by atoms with Crippen LogP contribution in [-0.4, -0.2) is 43.2 Å². The highest BCUT2D eigenvalue weighted by molar-refractivity contribution is 6.16. The van der Waals surface area contributed by atoms with Gasteiger partial charge in [-0.25, -0.2) is 19.4 Å². The summed E-state index contributed by atoms with van der Waals surface area (Å²) < 4.78 is 14.6. The number of hydrogen-bond donors (Lipinski definition) is 0. The van der Waals surface area contributed by atoms with Crippen LogP contribution in [-0.2, 0) is 14.2 Å². The van der Waals surface area contributed by atoms with Crippen molar-refractivity contribution in [2.75, 3.05) is 14.2 Å². The van der Waals surface area contributed by atoms with E-state index in [-0.39, 0.29) is 16.8 Å². The van der Waals surface area contributed by atoms with Gasteiger partial charge in [-0.05, 0) is 19.9 Å². The number of hydrogen-bond acceptors (Lipinski definition) is 7. The van der Waals surface area contributed by atoms with E-state index >= 15 is 0 Å². The Morgan fingerprint density at radius 3 is 2.12 bits per heavy atom. The van der Waals surface area contributed by atoms with E-state index in [9.17, 15) is 14.4 Å². The standard InChI is InChI=1S/C17H17NO6/c1-9(2)24-16(20)12-10-7-5-6-8-11(10)18-14(17(21)23-4)13(12)15(19)22-3/h5-9H,1-4H3. The first-order chi connectivity index (χ1) is 11.4. The summed E-state index contributed by atoms with van der Waals surface area (Å²) >= 11 is 0. The van der Waals surface area contributed by atoms with Crippen molar-refractivity contribution in [2.24, 2.45) is 0 Å². The van der Waals surface area contributed by atoms with Crippen molar-refractivity contribution in [1.82, 2.24) is 4.98 Å². The van der Waals surface area contributed by atoms with Crippen molar-refractivity contribution in [3.63, 3.8) is 0 Å². The molecule has 0 saturated heterocycles. The normalized spacial score (nSPS) is 10.5. The molecule has 0 fully saturated rings. The van der Waals surface area contributed by atoms with Gasteiger partial charge >= 0.3 is 17.9 Å². The second-order valence-corrected chi connectivity index (χ2v) is 5.16. The summed E-state index contributed by atoms with van der Waals surface area (Å²) in [6, 6.07) is 6.63. The third-order valence-electron chi connectivity index (χ3n) is 3.21. The van der Waals surface area contributed by atoms with E-state index in [2.05, 4.69) is 9.72 Å². The molecule has 1 aromatic carbocycles. The molecule has 7 heteroatoms. The number of aromatic nitrogens is 1. The molecule has 0 aliphatic heterocycles. The molecule has 0 saturated carbocycles. The highest BCUT2D eigenvalue weighted by atomic mass is 16.5. The van der Waals surface area contributed by atoms with E-state index in [1.54, 1.807) is 38.1 Å². The Labute approximate surface area is 138 Å². The van der Waals surface area contributed by atoms with Gasteiger partial charge in [0, 0.05) is 5.39 Å². The van der Waals surface area contributed by atoms with Gasteiger partial charge in [-0.15, -0.1) is 0 Å². The second-order valence-electron chi connectivity index (χ2n) is 5.16. The lowest BCUT2D eigenvalue weighted by Gasteiger charge is -2.15. The minimum atomic E-state index is -0.871. The van der Waals surface area contributed by atoms with Crippen molar-refractivity contribution in [1.29, 1.82) is 0 Å². The maximum Gasteiger partial charge on any atom is 0.357 e. The van der Waals surface area contributed by atoms with Gasteiger partial charge in [0.05, 0.1) is 31.4 Å². The van der Waals surface area contributed by atoms with Crippen LogP contribution in [0.3, 0.4) is 0 Å². The van der Waals surface area contributed by atoms with Crippen molar-refractivity contribution in [3.05, 3.63) is 41.1 Å². The molecule has 2 rings (SSSR count). The second kappa shape index (κ2) is 7.08. The largest absolute Gasteiger partial charge is 0.465 e. The van der Waals surface area contributed by atoms with E-state index in [0.29, 0.717) is 10.9 Å². The molecule has 2 aromatic rings. The average Bonchev–Trinajstić information content (AvgIpc) is 2.57. The first-order valence-electron chi connectivity index (χ1n) is 7.21. The number of ether oxygens (including phenoxy) is 3. The van der Waals surface area contributed by atoms with Crippen LogP contribution in [0, 0.1) is 0 Å². The van der Waals surface area contributed by atoms with Crippen LogP contribution in [0.4, 0.5) is 0 Å². The molecular weight excluding hydrogens is 314 g/mol. The minimum Gasteiger partial charge on any atom is -0.465 e. The lowest BCUT2D eigenvalue weighted by atomic mass is 10.00. The highest BCUT2D eigenvalue weighted by Crippen LogP contribution is 2.26. The highest BCUT2D eigenvalue weighted by Gasteiger charge is 2.31. The number of benzene rings is 1. The zero-order valence-corrected chi connectivity index (χ0v) is 13.8. The zero-order chi connectivity index (χ0) is 17.9. The molecule has 0 atom stereocenters. The molecule has 126 valence electrons. The van der Waals surface area contributed by atoms with Gasteiger partial charge in [0.25, 0.3) is 0 Å². The van der Waals surface area contributed by atoms with Crippen molar-refractivity contribution in [3.8, 4) is 0 Å². The Bertz CT molecular complexity index is 812. The number of esters is 3. The molecule has 7 nitrogen and oxygen atoms in total. The maximum atomic E-state index is 12.6. The Morgan fingerprint density at radius 1 is 0.917 bits per heavy atom. The molecule has 0 spiro atoms. The van der Waals surface area contributed by atoms with Crippen molar-refractivity contribution < 1.29 is 28.6 Å². The number of fused-ring (bicyclic) bond motifs is 1. The van der Waals surface area contributed by atoms with Crippen LogP contribution in [0.5, 0.6) is 0 Å². The fourth-order valence-corrected chi connectivity index (χ4v) is 2.24. The molecule has 0 unspecified atom stereocenters. The van der Waals surface area contributed by atoms with Gasteiger partial charge in [-0.2, -0.15) is 0 Å². The summed E-state index contributed by atoms with van der Waals surface area (Å²) in [5.41, 5.74) is -0.268. The van der Waals surface area contributed by atoms with Crippen LogP contribution in [0.2, 0.25) is 0 Å². The fourth-order valence-electron chi connectivity index (χ4n) is 2.24. The van der Waals surface area contributed by atoms with Gasteiger partial charge in [0.1, 0.15) is 5.56 Å². The Hall–Kier alpha value is -2.96. The van der Waals surface area contributed by atoms with Gasteiger partial charge in [0.15, 0.2) is 5.69 Å². The predicted octanol–water partition coefficient (Wildman–Crippen LogP) is 2.37. The molecule has 0 radical (unpaired) electrons. The third-order valence-corrected chi connectivity index (χ3v) is 3.21. The van der Waals surface area contributed by atoms with E-state index in [4.69, 9.17) is 9.47 Å². The summed E-state index contributed by atoms with van der Waals surface area (Å²) in [7, 11) is 2.31. The summed E-state index contributed by atoms with van der Waals surface area (Å²) in [6.07, 6.45) is -0.406. The van der Waals surface area contributed by atoms with E-state index < -0.39 is 24.0 Å². The van der Waals surface area contributed by atoms with Gasteiger partial charge in [0.2, 0.25) is 0 Å². The molecule has 0 bridgehead atoms. The van der Waals surface area contributed by atoms with Crippen LogP contribution < -0.4 is 0 Å². The van der Waals surface area contributed by atoms with Gasteiger partial charge in [-0.1, -0.05) is 18.2 Å². The molecular formula is C17H17NO6. The Balaban J connectivity index is 2.89. The monoisotopic (exact) mass is 331 g/mol. The number of carbonyl (C=O) groups excluding carboxylic acids is 3. The SMILES string of the molecule is COC(=O)c1nc2ccccc2c(C(=O)OC(C)C)c1C(=O)OC. The van der Waals surface area contributed by atoms with Crippen LogP contribution in [0.15, 0.2) is 24.3 Å². The summed E-state index contributed by atoms with van der Waals surface area (Å²) in [6.45, 7) is 3.36. The number of carbonyl (C=O) groups is 3. The molecule has 0 aliphatic rings.